The molecule has 28 heavy (non-hydrogen) atoms. The van der Waals surface area contributed by atoms with Gasteiger partial charge in [0.05, 0.1) is 10.2 Å². The Labute approximate surface area is 165 Å². The van der Waals surface area contributed by atoms with Crippen molar-refractivity contribution in [2.24, 2.45) is 7.05 Å². The number of rotatable bonds is 5. The monoisotopic (exact) mass is 400 g/mol. The second-order valence-corrected chi connectivity index (χ2v) is 7.94. The molecule has 146 valence electrons. The number of aromatic nitrogens is 1. The molecule has 0 spiro atoms. The molecule has 0 radical (unpaired) electrons. The van der Waals surface area contributed by atoms with Crippen LogP contribution in [0.15, 0.2) is 30.3 Å². The van der Waals surface area contributed by atoms with E-state index in [2.05, 4.69) is 5.32 Å². The molecule has 1 N–H and O–H groups in total. The maximum absolute atomic E-state index is 12.5. The number of aryl methyl sites for hydroxylation is 2. The third kappa shape index (κ3) is 3.43. The van der Waals surface area contributed by atoms with Crippen molar-refractivity contribution in [2.75, 3.05) is 6.79 Å². The lowest BCUT2D eigenvalue weighted by atomic mass is 10.2. The predicted octanol–water partition coefficient (Wildman–Crippen LogP) is 3.14. The molecule has 4 rings (SSSR count). The Hall–Kier alpha value is -3.00. The maximum Gasteiger partial charge on any atom is 0.355 e. The van der Waals surface area contributed by atoms with Crippen LogP contribution in [0.1, 0.15) is 27.9 Å². The summed E-state index contributed by atoms with van der Waals surface area (Å²) in [6, 6.07) is 9.29. The number of carbonyl (C=O) groups excluding carboxylic acids is 2. The molecule has 3 heterocycles. The quantitative estimate of drug-likeness (QED) is 0.666. The molecule has 2 aromatic heterocycles. The first-order chi connectivity index (χ1) is 13.4. The average molecular weight is 400 g/mol. The van der Waals surface area contributed by atoms with E-state index in [1.807, 2.05) is 32.2 Å². The zero-order valence-electron chi connectivity index (χ0n) is 15.8. The fraction of sp³-hybridized carbons (Fsp3) is 0.300. The largest absolute Gasteiger partial charge is 0.454 e. The molecule has 0 fully saturated rings. The number of benzene rings is 1. The summed E-state index contributed by atoms with van der Waals surface area (Å²) in [6.07, 6.45) is -0.906. The van der Waals surface area contributed by atoms with Gasteiger partial charge >= 0.3 is 5.97 Å². The van der Waals surface area contributed by atoms with Crippen LogP contribution in [0.4, 0.5) is 0 Å². The average Bonchev–Trinajstić information content (AvgIpc) is 3.35. The molecule has 0 saturated carbocycles. The van der Waals surface area contributed by atoms with Crippen LogP contribution in [0, 0.1) is 6.92 Å². The van der Waals surface area contributed by atoms with Crippen molar-refractivity contribution in [1.29, 1.82) is 0 Å². The van der Waals surface area contributed by atoms with Crippen molar-refractivity contribution in [2.45, 2.75) is 26.5 Å². The van der Waals surface area contributed by atoms with Gasteiger partial charge in [0.1, 0.15) is 5.69 Å². The van der Waals surface area contributed by atoms with Crippen molar-refractivity contribution in [1.82, 2.24) is 9.88 Å². The van der Waals surface area contributed by atoms with Crippen molar-refractivity contribution in [3.8, 4) is 11.5 Å². The van der Waals surface area contributed by atoms with Gasteiger partial charge in [-0.05, 0) is 43.7 Å². The highest BCUT2D eigenvalue weighted by Gasteiger charge is 2.22. The third-order valence-corrected chi connectivity index (χ3v) is 5.61. The number of thiophene rings is 1. The fourth-order valence-electron chi connectivity index (χ4n) is 3.09. The first kappa shape index (κ1) is 18.4. The smallest absolute Gasteiger partial charge is 0.355 e. The topological polar surface area (TPSA) is 78.8 Å². The van der Waals surface area contributed by atoms with E-state index in [9.17, 15) is 9.59 Å². The zero-order chi connectivity index (χ0) is 19.8. The SMILES string of the molecule is Cc1cc2c(cc(C(=O)OC(C)C(=O)NCc3ccc4c(c3)OCO4)n2C)s1. The van der Waals surface area contributed by atoms with E-state index in [1.165, 1.54) is 4.88 Å². The summed E-state index contributed by atoms with van der Waals surface area (Å²) in [4.78, 5) is 26.0. The maximum atomic E-state index is 12.5. The second-order valence-electron chi connectivity index (χ2n) is 6.65. The molecule has 1 unspecified atom stereocenters. The number of hydrogen-bond donors (Lipinski definition) is 1. The van der Waals surface area contributed by atoms with Gasteiger partial charge in [-0.3, -0.25) is 4.79 Å². The highest BCUT2D eigenvalue weighted by molar-refractivity contribution is 7.19. The minimum Gasteiger partial charge on any atom is -0.454 e. The summed E-state index contributed by atoms with van der Waals surface area (Å²) in [5.74, 6) is 0.465. The van der Waals surface area contributed by atoms with Gasteiger partial charge in [-0.25, -0.2) is 4.79 Å². The molecule has 8 heteroatoms. The first-order valence-electron chi connectivity index (χ1n) is 8.85. The van der Waals surface area contributed by atoms with Gasteiger partial charge in [-0.2, -0.15) is 0 Å². The van der Waals surface area contributed by atoms with Crippen LogP contribution in [0.25, 0.3) is 10.2 Å². The van der Waals surface area contributed by atoms with E-state index in [0.717, 1.165) is 15.8 Å². The first-order valence-corrected chi connectivity index (χ1v) is 9.67. The number of carbonyl (C=O) groups is 2. The van der Waals surface area contributed by atoms with Crippen molar-refractivity contribution in [3.05, 3.63) is 46.5 Å². The Morgan fingerprint density at radius 3 is 2.82 bits per heavy atom. The number of nitrogens with one attached hydrogen (secondary N) is 1. The minimum atomic E-state index is -0.906. The summed E-state index contributed by atoms with van der Waals surface area (Å²) in [5, 5.41) is 2.77. The van der Waals surface area contributed by atoms with Crippen LogP contribution in [0.5, 0.6) is 11.5 Å². The van der Waals surface area contributed by atoms with Gasteiger partial charge in [-0.15, -0.1) is 11.3 Å². The lowest BCUT2D eigenvalue weighted by molar-refractivity contribution is -0.129. The standard InChI is InChI=1S/C20H20N2O5S/c1-11-6-14-18(28-11)8-15(22(14)3)20(24)27-12(2)19(23)21-9-13-4-5-16-17(7-13)26-10-25-16/h4-8,12H,9-10H2,1-3H3,(H,21,23). The Bertz CT molecular complexity index is 1070. The molecule has 1 atom stereocenters. The Kier molecular flexibility index (Phi) is 4.72. The van der Waals surface area contributed by atoms with E-state index >= 15 is 0 Å². The fourth-order valence-corrected chi connectivity index (χ4v) is 4.08. The van der Waals surface area contributed by atoms with Gasteiger partial charge < -0.3 is 24.1 Å². The molecule has 1 aliphatic rings. The van der Waals surface area contributed by atoms with Crippen LogP contribution < -0.4 is 14.8 Å². The number of esters is 1. The van der Waals surface area contributed by atoms with E-state index < -0.39 is 12.1 Å². The van der Waals surface area contributed by atoms with E-state index in [1.54, 1.807) is 35.0 Å². The number of ether oxygens (including phenoxy) is 3. The highest BCUT2D eigenvalue weighted by atomic mass is 32.1. The Morgan fingerprint density at radius 1 is 1.25 bits per heavy atom. The second kappa shape index (κ2) is 7.20. The van der Waals surface area contributed by atoms with Crippen molar-refractivity contribution < 1.29 is 23.8 Å². The molecule has 7 nitrogen and oxygen atoms in total. The van der Waals surface area contributed by atoms with Crippen LogP contribution in [0.2, 0.25) is 0 Å². The Balaban J connectivity index is 1.36. The van der Waals surface area contributed by atoms with Crippen molar-refractivity contribution in [3.63, 3.8) is 0 Å². The molecule has 3 aromatic rings. The van der Waals surface area contributed by atoms with Crippen LogP contribution >= 0.6 is 11.3 Å². The van der Waals surface area contributed by atoms with E-state index in [0.29, 0.717) is 23.7 Å². The van der Waals surface area contributed by atoms with Gasteiger partial charge in [0, 0.05) is 18.5 Å². The molecular weight excluding hydrogens is 380 g/mol. The lowest BCUT2D eigenvalue weighted by Gasteiger charge is -2.14. The third-order valence-electron chi connectivity index (χ3n) is 4.62. The zero-order valence-corrected chi connectivity index (χ0v) is 16.6. The number of nitrogens with zero attached hydrogens (tertiary/aromatic N) is 1. The molecule has 0 bridgehead atoms. The van der Waals surface area contributed by atoms with Gasteiger partial charge in [-0.1, -0.05) is 6.07 Å². The lowest BCUT2D eigenvalue weighted by Crippen LogP contribution is -2.35. The summed E-state index contributed by atoms with van der Waals surface area (Å²) < 4.78 is 18.8. The van der Waals surface area contributed by atoms with Crippen LogP contribution in [-0.2, 0) is 23.1 Å². The minimum absolute atomic E-state index is 0.203. The predicted molar refractivity (Wildman–Crippen MR) is 105 cm³/mol. The molecule has 0 aliphatic carbocycles. The van der Waals surface area contributed by atoms with E-state index in [4.69, 9.17) is 14.2 Å². The van der Waals surface area contributed by atoms with Gasteiger partial charge in [0.15, 0.2) is 17.6 Å². The summed E-state index contributed by atoms with van der Waals surface area (Å²) in [6.45, 7) is 4.09. The van der Waals surface area contributed by atoms with Crippen molar-refractivity contribution >= 4 is 33.4 Å². The summed E-state index contributed by atoms with van der Waals surface area (Å²) in [7, 11) is 1.81. The summed E-state index contributed by atoms with van der Waals surface area (Å²) >= 11 is 1.62. The Morgan fingerprint density at radius 2 is 2.04 bits per heavy atom. The number of hydrogen-bond acceptors (Lipinski definition) is 6. The van der Waals surface area contributed by atoms with Crippen LogP contribution in [-0.4, -0.2) is 29.3 Å². The number of amides is 1. The van der Waals surface area contributed by atoms with E-state index in [-0.39, 0.29) is 12.7 Å². The normalized spacial score (nSPS) is 13.5. The summed E-state index contributed by atoms with van der Waals surface area (Å²) in [5.41, 5.74) is 2.28. The molecule has 1 amide bonds. The molecule has 0 saturated heterocycles. The molecular formula is C20H20N2O5S. The van der Waals surface area contributed by atoms with Gasteiger partial charge in [0.2, 0.25) is 6.79 Å². The molecule has 1 aliphatic heterocycles. The number of fused-ring (bicyclic) bond motifs is 2. The highest BCUT2D eigenvalue weighted by Crippen LogP contribution is 2.32. The van der Waals surface area contributed by atoms with Crippen LogP contribution in [0.3, 0.4) is 0 Å². The van der Waals surface area contributed by atoms with Gasteiger partial charge in [0.25, 0.3) is 5.91 Å². The molecule has 1 aromatic carbocycles.